The smallest absolute Gasteiger partial charge is 0.229 e. The van der Waals surface area contributed by atoms with E-state index in [1.54, 1.807) is 12.1 Å². The van der Waals surface area contributed by atoms with Crippen molar-refractivity contribution in [3.63, 3.8) is 0 Å². The molecule has 1 amide bonds. The first-order valence-electron chi connectivity index (χ1n) is 9.81. The zero-order chi connectivity index (χ0) is 22.0. The highest BCUT2D eigenvalue weighted by atomic mass is 35.5. The van der Waals surface area contributed by atoms with E-state index in [1.807, 2.05) is 12.1 Å². The molecule has 0 spiro atoms. The molecule has 1 aliphatic rings. The van der Waals surface area contributed by atoms with Crippen LogP contribution in [0.5, 0.6) is 0 Å². The van der Waals surface area contributed by atoms with Gasteiger partial charge in [0.25, 0.3) is 0 Å². The predicted octanol–water partition coefficient (Wildman–Crippen LogP) is 1.37. The van der Waals surface area contributed by atoms with Crippen LogP contribution in [0.1, 0.15) is 12.8 Å². The summed E-state index contributed by atoms with van der Waals surface area (Å²) < 4.78 is 24.1. The quantitative estimate of drug-likeness (QED) is 0.500. The number of pyridine rings is 1. The second-order valence-corrected chi connectivity index (χ2v) is 9.61. The van der Waals surface area contributed by atoms with Crippen molar-refractivity contribution in [3.05, 3.63) is 35.5 Å². The minimum atomic E-state index is -3.63. The number of aromatic nitrogens is 4. The second-order valence-electron chi connectivity index (χ2n) is 7.46. The Balaban J connectivity index is 1.61. The highest BCUT2D eigenvalue weighted by Crippen LogP contribution is 2.31. The summed E-state index contributed by atoms with van der Waals surface area (Å²) >= 11 is 6.38. The number of nitrogens with two attached hydrogens (primary N) is 1. The minimum Gasteiger partial charge on any atom is -0.316 e. The van der Waals surface area contributed by atoms with Crippen LogP contribution in [0.3, 0.4) is 0 Å². The summed E-state index contributed by atoms with van der Waals surface area (Å²) in [7, 11) is -3.63. The second kappa shape index (κ2) is 8.87. The van der Waals surface area contributed by atoms with Gasteiger partial charge in [-0.2, -0.15) is 0 Å². The zero-order valence-electron chi connectivity index (χ0n) is 16.6. The maximum Gasteiger partial charge on any atom is 0.229 e. The molecule has 4 N–H and O–H groups in total. The summed E-state index contributed by atoms with van der Waals surface area (Å²) in [6.07, 6.45) is 3.29. The number of sulfonamides is 1. The lowest BCUT2D eigenvalue weighted by Gasteiger charge is -2.21. The molecule has 0 radical (unpaired) electrons. The van der Waals surface area contributed by atoms with Crippen molar-refractivity contribution in [2.75, 3.05) is 24.2 Å². The van der Waals surface area contributed by atoms with Gasteiger partial charge in [-0.1, -0.05) is 22.9 Å². The van der Waals surface area contributed by atoms with Crippen molar-refractivity contribution in [1.29, 1.82) is 0 Å². The predicted molar refractivity (Wildman–Crippen MR) is 118 cm³/mol. The van der Waals surface area contributed by atoms with Crippen LogP contribution in [0.25, 0.3) is 22.2 Å². The summed E-state index contributed by atoms with van der Waals surface area (Å²) in [5.41, 5.74) is 2.69. The molecule has 2 aromatic heterocycles. The van der Waals surface area contributed by atoms with Crippen molar-refractivity contribution in [1.82, 2.24) is 25.3 Å². The fraction of sp³-hybridized carbons (Fsp3) is 0.368. The van der Waals surface area contributed by atoms with Crippen LogP contribution in [-0.4, -0.2) is 53.1 Å². The fourth-order valence-corrected chi connectivity index (χ4v) is 4.18. The van der Waals surface area contributed by atoms with Crippen molar-refractivity contribution in [3.8, 4) is 11.1 Å². The molecule has 31 heavy (non-hydrogen) atoms. The number of nitrogens with zero attached hydrogens (tertiary/aromatic N) is 4. The molecule has 3 heterocycles. The van der Waals surface area contributed by atoms with Crippen LogP contribution in [0.2, 0.25) is 5.02 Å². The van der Waals surface area contributed by atoms with Gasteiger partial charge in [0, 0.05) is 18.3 Å². The molecule has 1 fully saturated rings. The molecule has 12 heteroatoms. The van der Waals surface area contributed by atoms with Crippen LogP contribution >= 0.6 is 11.6 Å². The van der Waals surface area contributed by atoms with Crippen molar-refractivity contribution >= 4 is 44.4 Å². The maximum atomic E-state index is 12.5. The Hall–Kier alpha value is -2.60. The number of rotatable bonds is 6. The molecule has 1 aliphatic heterocycles. The minimum absolute atomic E-state index is 0.0753. The molecule has 4 rings (SSSR count). The number of hydrogen-bond acceptors (Lipinski definition) is 7. The molecule has 1 atom stereocenters. The van der Waals surface area contributed by atoms with E-state index < -0.39 is 10.0 Å². The number of primary sulfonamides is 1. The average Bonchev–Trinajstić information content (AvgIpc) is 3.16. The van der Waals surface area contributed by atoms with Gasteiger partial charge >= 0.3 is 0 Å². The third-order valence-electron chi connectivity index (χ3n) is 5.19. The molecule has 0 bridgehead atoms. The van der Waals surface area contributed by atoms with Gasteiger partial charge in [-0.3, -0.25) is 4.79 Å². The van der Waals surface area contributed by atoms with Gasteiger partial charge in [-0.25, -0.2) is 23.2 Å². The number of amides is 1. The summed E-state index contributed by atoms with van der Waals surface area (Å²) in [5.74, 6) is -0.00680. The van der Waals surface area contributed by atoms with Gasteiger partial charge in [-0.15, -0.1) is 5.10 Å². The summed E-state index contributed by atoms with van der Waals surface area (Å²) in [6, 6.07) is 7.14. The van der Waals surface area contributed by atoms with Crippen LogP contribution in [0.4, 0.5) is 5.82 Å². The maximum absolute atomic E-state index is 12.5. The lowest BCUT2D eigenvalue weighted by molar-refractivity contribution is -0.120. The number of hydrogen-bond donors (Lipinski definition) is 3. The van der Waals surface area contributed by atoms with E-state index in [-0.39, 0.29) is 24.1 Å². The first kappa shape index (κ1) is 21.6. The first-order chi connectivity index (χ1) is 14.8. The summed E-state index contributed by atoms with van der Waals surface area (Å²) in [4.78, 5) is 16.8. The van der Waals surface area contributed by atoms with Gasteiger partial charge in [0.05, 0.1) is 28.8 Å². The SMILES string of the molecule is NS(=O)(=O)CCn1nnc2ccc(-c3cc(NC(=O)C4CCCNC4)ncc3Cl)cc21. The number of halogens is 1. The van der Waals surface area contributed by atoms with Crippen molar-refractivity contribution in [2.24, 2.45) is 11.1 Å². The Labute approximate surface area is 184 Å². The van der Waals surface area contributed by atoms with Gasteiger partial charge in [0.1, 0.15) is 11.3 Å². The van der Waals surface area contributed by atoms with Crippen LogP contribution in [0, 0.1) is 5.92 Å². The largest absolute Gasteiger partial charge is 0.316 e. The molecule has 0 saturated carbocycles. The number of carbonyl (C=O) groups excluding carboxylic acids is 1. The lowest BCUT2D eigenvalue weighted by atomic mass is 9.99. The number of nitrogens with one attached hydrogen (secondary N) is 2. The summed E-state index contributed by atoms with van der Waals surface area (Å²) in [5, 5.41) is 19.7. The molecule has 1 saturated heterocycles. The Morgan fingerprint density at radius 1 is 1.35 bits per heavy atom. The van der Waals surface area contributed by atoms with E-state index in [2.05, 4.69) is 25.9 Å². The zero-order valence-corrected chi connectivity index (χ0v) is 18.2. The molecule has 164 valence electrons. The Morgan fingerprint density at radius 3 is 2.94 bits per heavy atom. The van der Waals surface area contributed by atoms with E-state index in [0.717, 1.165) is 24.9 Å². The standard InChI is InChI=1S/C19H22ClN7O3S/c20-15-11-23-18(24-19(28)13-2-1-5-22-10-13)9-14(15)12-3-4-16-17(8-12)27(26-25-16)6-7-31(21,29)30/h3-4,8-9,11,13,22H,1-2,5-7,10H2,(H2,21,29,30)(H,23,24,28). The van der Waals surface area contributed by atoms with Gasteiger partial charge < -0.3 is 10.6 Å². The van der Waals surface area contributed by atoms with E-state index in [4.69, 9.17) is 16.7 Å². The molecule has 3 aromatic rings. The Morgan fingerprint density at radius 2 is 2.19 bits per heavy atom. The molecule has 10 nitrogen and oxygen atoms in total. The summed E-state index contributed by atoms with van der Waals surface area (Å²) in [6.45, 7) is 1.66. The van der Waals surface area contributed by atoms with Gasteiger partial charge in [0.2, 0.25) is 15.9 Å². The van der Waals surface area contributed by atoms with E-state index in [1.165, 1.54) is 10.9 Å². The van der Waals surface area contributed by atoms with Crippen molar-refractivity contribution in [2.45, 2.75) is 19.4 Å². The van der Waals surface area contributed by atoms with Crippen LogP contribution in [0.15, 0.2) is 30.5 Å². The fourth-order valence-electron chi connectivity index (χ4n) is 3.54. The topological polar surface area (TPSA) is 145 Å². The highest BCUT2D eigenvalue weighted by Gasteiger charge is 2.21. The number of piperidine rings is 1. The molecular weight excluding hydrogens is 442 g/mol. The average molecular weight is 464 g/mol. The highest BCUT2D eigenvalue weighted by molar-refractivity contribution is 7.89. The molecule has 1 aromatic carbocycles. The van der Waals surface area contributed by atoms with E-state index in [9.17, 15) is 13.2 Å². The number of carbonyl (C=O) groups is 1. The number of aryl methyl sites for hydroxylation is 1. The first-order valence-corrected chi connectivity index (χ1v) is 11.9. The molecule has 0 aliphatic carbocycles. The van der Waals surface area contributed by atoms with E-state index in [0.29, 0.717) is 34.0 Å². The molecule has 1 unspecified atom stereocenters. The van der Waals surface area contributed by atoms with Gasteiger partial charge in [-0.05, 0) is 43.1 Å². The van der Waals surface area contributed by atoms with Crippen LogP contribution < -0.4 is 15.8 Å². The molecular formula is C19H22ClN7O3S. The number of fused-ring (bicyclic) bond motifs is 1. The third-order valence-corrected chi connectivity index (χ3v) is 6.24. The monoisotopic (exact) mass is 463 g/mol. The lowest BCUT2D eigenvalue weighted by Crippen LogP contribution is -2.37. The third kappa shape index (κ3) is 5.18. The van der Waals surface area contributed by atoms with Crippen LogP contribution in [-0.2, 0) is 21.4 Å². The number of benzene rings is 1. The Kier molecular flexibility index (Phi) is 6.19. The normalized spacial score (nSPS) is 17.0. The Bertz CT molecular complexity index is 1220. The van der Waals surface area contributed by atoms with E-state index >= 15 is 0 Å². The number of anilines is 1. The van der Waals surface area contributed by atoms with Gasteiger partial charge in [0.15, 0.2) is 0 Å². The van der Waals surface area contributed by atoms with Crippen molar-refractivity contribution < 1.29 is 13.2 Å².